The van der Waals surface area contributed by atoms with Gasteiger partial charge in [-0.1, -0.05) is 12.1 Å². The Hall–Kier alpha value is -1.63. The molecule has 1 aromatic heterocycles. The molecule has 0 spiro atoms. The number of carbonyl (C=O) groups is 1. The summed E-state index contributed by atoms with van der Waals surface area (Å²) in [7, 11) is 0. The molecule has 2 bridgehead atoms. The van der Waals surface area contributed by atoms with Crippen LogP contribution in [0.4, 0.5) is 4.39 Å². The second kappa shape index (κ2) is 9.25. The molecule has 1 N–H and O–H groups in total. The number of benzene rings is 1. The number of halogens is 3. The van der Waals surface area contributed by atoms with Crippen LogP contribution in [-0.4, -0.2) is 45.5 Å². The van der Waals surface area contributed by atoms with Crippen molar-refractivity contribution in [1.29, 1.82) is 0 Å². The molecule has 1 amide bonds. The number of carbonyl (C=O) groups excluding carboxylic acids is 1. The summed E-state index contributed by atoms with van der Waals surface area (Å²) >= 11 is 0. The molecule has 1 aromatic carbocycles. The van der Waals surface area contributed by atoms with E-state index in [-0.39, 0.29) is 48.6 Å². The van der Waals surface area contributed by atoms with Gasteiger partial charge in [-0.05, 0) is 55.7 Å². The Labute approximate surface area is 189 Å². The van der Waals surface area contributed by atoms with Gasteiger partial charge in [-0.2, -0.15) is 0 Å². The number of nitrogens with zero attached hydrogens (tertiary/aromatic N) is 3. The standard InChI is InChI=1S/C22H27FN4O.2ClH/c1-14-10-15(2-5-19(14)23)16-11-17-3-4-18(12-16)27(17)22(28)20-13-26-9-8-24-7-6-21(26)25-20;;/h2,5,10,13,16-18,24H,3-4,6-9,11-12H2,1H3;2*1H/t16?,17-,18+;;. The molecule has 3 aliphatic rings. The molecule has 2 aromatic rings. The summed E-state index contributed by atoms with van der Waals surface area (Å²) in [5, 5.41) is 3.36. The van der Waals surface area contributed by atoms with Gasteiger partial charge in [0.15, 0.2) is 0 Å². The van der Waals surface area contributed by atoms with E-state index >= 15 is 0 Å². The van der Waals surface area contributed by atoms with Crippen molar-refractivity contribution in [1.82, 2.24) is 19.8 Å². The number of piperidine rings is 1. The maximum atomic E-state index is 13.6. The first-order valence-corrected chi connectivity index (χ1v) is 10.5. The third-order valence-electron chi connectivity index (χ3n) is 6.75. The first-order valence-electron chi connectivity index (χ1n) is 10.5. The number of hydrogen-bond acceptors (Lipinski definition) is 3. The molecule has 2 fully saturated rings. The Balaban J connectivity index is 0.00000128. The molecule has 1 unspecified atom stereocenters. The van der Waals surface area contributed by atoms with Gasteiger partial charge in [0.1, 0.15) is 17.3 Å². The molecule has 5 rings (SSSR count). The molecule has 5 nitrogen and oxygen atoms in total. The van der Waals surface area contributed by atoms with Crippen LogP contribution in [0.25, 0.3) is 0 Å². The SMILES string of the molecule is Cc1cc(C2C[C@H]3CC[C@@H](C2)N3C(=O)c2cn3c(n2)CCNCC3)ccc1F.Cl.Cl. The van der Waals surface area contributed by atoms with E-state index in [0.717, 1.165) is 57.6 Å². The number of aryl methyl sites for hydroxylation is 1. The third kappa shape index (κ3) is 4.10. The van der Waals surface area contributed by atoms with Crippen LogP contribution in [0.1, 0.15) is 59.0 Å². The van der Waals surface area contributed by atoms with E-state index in [1.807, 2.05) is 25.3 Å². The van der Waals surface area contributed by atoms with Gasteiger partial charge in [-0.3, -0.25) is 4.79 Å². The molecule has 3 aliphatic heterocycles. The highest BCUT2D eigenvalue weighted by atomic mass is 35.5. The average molecular weight is 455 g/mol. The molecule has 8 heteroatoms. The minimum Gasteiger partial charge on any atom is -0.333 e. The molecule has 30 heavy (non-hydrogen) atoms. The Morgan fingerprint density at radius 1 is 1.17 bits per heavy atom. The lowest BCUT2D eigenvalue weighted by Gasteiger charge is -2.39. The second-order valence-corrected chi connectivity index (χ2v) is 8.51. The van der Waals surface area contributed by atoms with E-state index in [1.165, 1.54) is 5.56 Å². The summed E-state index contributed by atoms with van der Waals surface area (Å²) in [5.74, 6) is 1.37. The lowest BCUT2D eigenvalue weighted by molar-refractivity contribution is 0.0565. The fraction of sp³-hybridized carbons (Fsp3) is 0.545. The van der Waals surface area contributed by atoms with Crippen LogP contribution in [0.15, 0.2) is 24.4 Å². The zero-order valence-electron chi connectivity index (χ0n) is 17.1. The van der Waals surface area contributed by atoms with E-state index in [4.69, 9.17) is 0 Å². The summed E-state index contributed by atoms with van der Waals surface area (Å²) < 4.78 is 15.8. The fourth-order valence-corrected chi connectivity index (χ4v) is 5.31. The highest BCUT2D eigenvalue weighted by Gasteiger charge is 2.44. The predicted molar refractivity (Wildman–Crippen MR) is 119 cm³/mol. The van der Waals surface area contributed by atoms with Crippen LogP contribution in [0.2, 0.25) is 0 Å². The Kier molecular flexibility index (Phi) is 7.10. The predicted octanol–water partition coefficient (Wildman–Crippen LogP) is 3.87. The number of hydrogen-bond donors (Lipinski definition) is 1. The third-order valence-corrected chi connectivity index (χ3v) is 6.75. The lowest BCUT2D eigenvalue weighted by Crippen LogP contribution is -2.46. The summed E-state index contributed by atoms with van der Waals surface area (Å²) in [6.07, 6.45) is 6.86. The quantitative estimate of drug-likeness (QED) is 0.748. The summed E-state index contributed by atoms with van der Waals surface area (Å²) in [6.45, 7) is 4.53. The minimum absolute atomic E-state index is 0. The minimum atomic E-state index is -0.144. The highest BCUT2D eigenvalue weighted by Crippen LogP contribution is 2.43. The van der Waals surface area contributed by atoms with Gasteiger partial charge in [0.25, 0.3) is 5.91 Å². The van der Waals surface area contributed by atoms with Crippen molar-refractivity contribution in [2.24, 2.45) is 0 Å². The zero-order chi connectivity index (χ0) is 19.3. The molecule has 2 saturated heterocycles. The number of imidazole rings is 1. The van der Waals surface area contributed by atoms with E-state index in [1.54, 1.807) is 6.07 Å². The van der Waals surface area contributed by atoms with Crippen molar-refractivity contribution in [2.75, 3.05) is 13.1 Å². The molecule has 164 valence electrons. The smallest absolute Gasteiger partial charge is 0.274 e. The van der Waals surface area contributed by atoms with Crippen molar-refractivity contribution >= 4 is 30.7 Å². The highest BCUT2D eigenvalue weighted by molar-refractivity contribution is 5.93. The number of fused-ring (bicyclic) bond motifs is 3. The molecule has 0 aliphatic carbocycles. The molecular formula is C22H29Cl2FN4O. The van der Waals surface area contributed by atoms with Crippen LogP contribution in [0.5, 0.6) is 0 Å². The first-order chi connectivity index (χ1) is 13.6. The van der Waals surface area contributed by atoms with Crippen molar-refractivity contribution in [3.8, 4) is 0 Å². The van der Waals surface area contributed by atoms with Gasteiger partial charge < -0.3 is 14.8 Å². The van der Waals surface area contributed by atoms with Crippen LogP contribution < -0.4 is 5.32 Å². The van der Waals surface area contributed by atoms with E-state index in [2.05, 4.69) is 19.8 Å². The molecule has 0 radical (unpaired) electrons. The van der Waals surface area contributed by atoms with Crippen molar-refractivity contribution in [2.45, 2.75) is 63.6 Å². The van der Waals surface area contributed by atoms with Crippen LogP contribution >= 0.6 is 24.8 Å². The van der Waals surface area contributed by atoms with Gasteiger partial charge in [0, 0.05) is 44.3 Å². The Morgan fingerprint density at radius 3 is 2.60 bits per heavy atom. The van der Waals surface area contributed by atoms with Crippen molar-refractivity contribution < 1.29 is 9.18 Å². The number of nitrogens with one attached hydrogen (secondary N) is 1. The van der Waals surface area contributed by atoms with Crippen LogP contribution in [0, 0.1) is 12.7 Å². The summed E-state index contributed by atoms with van der Waals surface area (Å²) in [5.41, 5.74) is 2.52. The number of rotatable bonds is 2. The van der Waals surface area contributed by atoms with Gasteiger partial charge in [0.2, 0.25) is 0 Å². The Morgan fingerprint density at radius 2 is 1.90 bits per heavy atom. The molecular weight excluding hydrogens is 426 g/mol. The van der Waals surface area contributed by atoms with Crippen LogP contribution in [-0.2, 0) is 13.0 Å². The van der Waals surface area contributed by atoms with Gasteiger partial charge >= 0.3 is 0 Å². The Bertz CT molecular complexity index is 881. The zero-order valence-corrected chi connectivity index (χ0v) is 18.8. The number of aromatic nitrogens is 2. The average Bonchev–Trinajstić information content (AvgIpc) is 3.12. The number of amides is 1. The van der Waals surface area contributed by atoms with Gasteiger partial charge in [-0.15, -0.1) is 24.8 Å². The largest absolute Gasteiger partial charge is 0.333 e. The normalized spacial score (nSPS) is 25.0. The van der Waals surface area contributed by atoms with Crippen molar-refractivity contribution in [3.05, 3.63) is 52.9 Å². The fourth-order valence-electron chi connectivity index (χ4n) is 5.31. The van der Waals surface area contributed by atoms with Gasteiger partial charge in [-0.25, -0.2) is 9.37 Å². The van der Waals surface area contributed by atoms with Gasteiger partial charge in [0.05, 0.1) is 0 Å². The molecule has 3 atom stereocenters. The lowest BCUT2D eigenvalue weighted by atomic mass is 9.84. The van der Waals surface area contributed by atoms with Crippen molar-refractivity contribution in [3.63, 3.8) is 0 Å². The molecule has 4 heterocycles. The second-order valence-electron chi connectivity index (χ2n) is 8.51. The molecule has 0 saturated carbocycles. The summed E-state index contributed by atoms with van der Waals surface area (Å²) in [6, 6.07) is 6.02. The monoisotopic (exact) mass is 454 g/mol. The maximum absolute atomic E-state index is 13.6. The van der Waals surface area contributed by atoms with E-state index in [9.17, 15) is 9.18 Å². The maximum Gasteiger partial charge on any atom is 0.274 e. The van der Waals surface area contributed by atoms with E-state index < -0.39 is 0 Å². The first kappa shape index (κ1) is 23.0. The van der Waals surface area contributed by atoms with E-state index in [0.29, 0.717) is 17.2 Å². The topological polar surface area (TPSA) is 50.2 Å². The summed E-state index contributed by atoms with van der Waals surface area (Å²) in [4.78, 5) is 20.1. The van der Waals surface area contributed by atoms with Crippen LogP contribution in [0.3, 0.4) is 0 Å².